The minimum Gasteiger partial charge on any atom is -0.370 e. The predicted molar refractivity (Wildman–Crippen MR) is 137 cm³/mol. The van der Waals surface area contributed by atoms with E-state index < -0.39 is 11.7 Å². The lowest BCUT2D eigenvalue weighted by molar-refractivity contribution is -0.138. The standard InChI is InChI=1S/C26H30F3N5.ClH/c1-16-20(6-5-7-23(16)26(27,28)29)17(2)30-24-22-12-19(8-9-21(22)18(3)31-32-24)34-14-25(15-34)10-11-33(4)13-25;/h5-9,12,17H,10-11,13-15H2,1-4H3,(H,30,32);1H. The molecule has 1 atom stereocenters. The molecule has 2 aliphatic heterocycles. The number of likely N-dealkylation sites (tertiary alicyclic amines) is 1. The van der Waals surface area contributed by atoms with E-state index in [1.54, 1.807) is 6.07 Å². The lowest BCUT2D eigenvalue weighted by Gasteiger charge is -2.49. The molecule has 1 spiro atoms. The summed E-state index contributed by atoms with van der Waals surface area (Å²) in [5.41, 5.74) is 2.58. The Morgan fingerprint density at radius 1 is 1.03 bits per heavy atom. The minimum absolute atomic E-state index is 0. The fourth-order valence-electron chi connectivity index (χ4n) is 5.66. The van der Waals surface area contributed by atoms with Crippen LogP contribution in [0, 0.1) is 19.3 Å². The Hall–Kier alpha value is -2.58. The molecule has 188 valence electrons. The van der Waals surface area contributed by atoms with E-state index in [1.807, 2.05) is 13.8 Å². The first kappa shape index (κ1) is 25.5. The zero-order valence-corrected chi connectivity index (χ0v) is 21.2. The molecule has 0 radical (unpaired) electrons. The van der Waals surface area contributed by atoms with Crippen LogP contribution in [0.5, 0.6) is 0 Å². The second kappa shape index (κ2) is 9.13. The van der Waals surface area contributed by atoms with Gasteiger partial charge in [0.2, 0.25) is 0 Å². The molecule has 1 N–H and O–H groups in total. The van der Waals surface area contributed by atoms with Gasteiger partial charge >= 0.3 is 6.18 Å². The van der Waals surface area contributed by atoms with Crippen LogP contribution >= 0.6 is 12.4 Å². The monoisotopic (exact) mass is 505 g/mol. The molecule has 3 heterocycles. The SMILES string of the molecule is Cc1c(C(C)Nc2nnc(C)c3ccc(N4CC5(CCN(C)C5)C4)cc23)cccc1C(F)(F)F.Cl. The summed E-state index contributed by atoms with van der Waals surface area (Å²) in [6.07, 6.45) is -3.15. The smallest absolute Gasteiger partial charge is 0.370 e. The van der Waals surface area contributed by atoms with E-state index in [4.69, 9.17) is 0 Å². The van der Waals surface area contributed by atoms with Crippen molar-refractivity contribution < 1.29 is 13.2 Å². The average Bonchev–Trinajstić information content (AvgIpc) is 3.16. The van der Waals surface area contributed by atoms with Gasteiger partial charge in [-0.2, -0.15) is 18.3 Å². The maximum Gasteiger partial charge on any atom is 0.416 e. The second-order valence-electron chi connectivity index (χ2n) is 10.1. The van der Waals surface area contributed by atoms with Crippen molar-refractivity contribution in [1.29, 1.82) is 0 Å². The van der Waals surface area contributed by atoms with Gasteiger partial charge in [0.15, 0.2) is 5.82 Å². The van der Waals surface area contributed by atoms with Crippen LogP contribution in [-0.4, -0.2) is 48.3 Å². The van der Waals surface area contributed by atoms with Crippen LogP contribution in [0.3, 0.4) is 0 Å². The molecule has 2 fully saturated rings. The van der Waals surface area contributed by atoms with E-state index in [2.05, 4.69) is 50.6 Å². The quantitative estimate of drug-likeness (QED) is 0.471. The van der Waals surface area contributed by atoms with Gasteiger partial charge < -0.3 is 15.1 Å². The van der Waals surface area contributed by atoms with Crippen LogP contribution in [-0.2, 0) is 6.18 Å². The number of halogens is 4. The number of benzene rings is 2. The molecule has 1 unspecified atom stereocenters. The molecule has 2 aromatic carbocycles. The fourth-order valence-corrected chi connectivity index (χ4v) is 5.66. The third-order valence-electron chi connectivity index (χ3n) is 7.50. The van der Waals surface area contributed by atoms with E-state index in [1.165, 1.54) is 19.4 Å². The Morgan fingerprint density at radius 3 is 2.43 bits per heavy atom. The average molecular weight is 506 g/mol. The number of aromatic nitrogens is 2. The summed E-state index contributed by atoms with van der Waals surface area (Å²) in [6, 6.07) is 10.3. The van der Waals surface area contributed by atoms with Crippen molar-refractivity contribution in [2.24, 2.45) is 5.41 Å². The van der Waals surface area contributed by atoms with E-state index in [9.17, 15) is 13.2 Å². The van der Waals surface area contributed by atoms with E-state index in [0.29, 0.717) is 16.8 Å². The van der Waals surface area contributed by atoms with Crippen LogP contribution < -0.4 is 10.2 Å². The summed E-state index contributed by atoms with van der Waals surface area (Å²) >= 11 is 0. The van der Waals surface area contributed by atoms with Gasteiger partial charge in [-0.25, -0.2) is 0 Å². The fraction of sp³-hybridized carbons (Fsp3) is 0.462. The van der Waals surface area contributed by atoms with Crippen molar-refractivity contribution in [3.05, 3.63) is 58.8 Å². The Bertz CT molecular complexity index is 1240. The number of alkyl halides is 3. The lowest BCUT2D eigenvalue weighted by Crippen LogP contribution is -2.57. The minimum atomic E-state index is -4.38. The van der Waals surface area contributed by atoms with Crippen LogP contribution in [0.15, 0.2) is 36.4 Å². The highest BCUT2D eigenvalue weighted by molar-refractivity contribution is 5.95. The summed E-state index contributed by atoms with van der Waals surface area (Å²) in [5.74, 6) is 0.586. The van der Waals surface area contributed by atoms with Gasteiger partial charge in [0, 0.05) is 41.5 Å². The van der Waals surface area contributed by atoms with Gasteiger partial charge in [-0.15, -0.1) is 17.5 Å². The highest BCUT2D eigenvalue weighted by Gasteiger charge is 2.46. The topological polar surface area (TPSA) is 44.3 Å². The summed E-state index contributed by atoms with van der Waals surface area (Å²) in [7, 11) is 2.18. The van der Waals surface area contributed by atoms with Gasteiger partial charge in [-0.1, -0.05) is 18.2 Å². The Labute approximate surface area is 210 Å². The first-order valence-electron chi connectivity index (χ1n) is 11.7. The highest BCUT2D eigenvalue weighted by atomic mass is 35.5. The van der Waals surface area contributed by atoms with Gasteiger partial charge in [0.05, 0.1) is 17.3 Å². The van der Waals surface area contributed by atoms with Gasteiger partial charge in [0.25, 0.3) is 0 Å². The Morgan fingerprint density at radius 2 is 1.77 bits per heavy atom. The molecule has 0 bridgehead atoms. The summed E-state index contributed by atoms with van der Waals surface area (Å²) in [6.45, 7) is 9.69. The van der Waals surface area contributed by atoms with Gasteiger partial charge in [-0.3, -0.25) is 0 Å². The van der Waals surface area contributed by atoms with Crippen molar-refractivity contribution in [3.8, 4) is 0 Å². The number of fused-ring (bicyclic) bond motifs is 1. The maximum absolute atomic E-state index is 13.4. The molecule has 0 saturated carbocycles. The molecule has 1 aromatic heterocycles. The molecular weight excluding hydrogens is 475 g/mol. The second-order valence-corrected chi connectivity index (χ2v) is 10.1. The van der Waals surface area contributed by atoms with Gasteiger partial charge in [0.1, 0.15) is 0 Å². The van der Waals surface area contributed by atoms with Crippen molar-refractivity contribution in [3.63, 3.8) is 0 Å². The molecule has 5 nitrogen and oxygen atoms in total. The predicted octanol–water partition coefficient (Wildman–Crippen LogP) is 6.00. The number of anilines is 2. The van der Waals surface area contributed by atoms with Crippen LogP contribution in [0.25, 0.3) is 10.8 Å². The zero-order valence-electron chi connectivity index (χ0n) is 20.4. The van der Waals surface area contributed by atoms with Crippen LogP contribution in [0.2, 0.25) is 0 Å². The van der Waals surface area contributed by atoms with Crippen molar-refractivity contribution in [2.45, 2.75) is 39.4 Å². The molecule has 0 amide bonds. The van der Waals surface area contributed by atoms with E-state index >= 15 is 0 Å². The van der Waals surface area contributed by atoms with Crippen LogP contribution in [0.1, 0.15) is 41.8 Å². The van der Waals surface area contributed by atoms with Crippen molar-refractivity contribution in [1.82, 2.24) is 15.1 Å². The van der Waals surface area contributed by atoms with Gasteiger partial charge in [-0.05, 0) is 70.1 Å². The highest BCUT2D eigenvalue weighted by Crippen LogP contribution is 2.42. The number of nitrogens with zero attached hydrogens (tertiary/aromatic N) is 4. The molecule has 9 heteroatoms. The normalized spacial score (nSPS) is 18.4. The summed E-state index contributed by atoms with van der Waals surface area (Å²) in [5, 5.41) is 14.0. The van der Waals surface area contributed by atoms with Crippen molar-refractivity contribution in [2.75, 3.05) is 43.4 Å². The molecule has 35 heavy (non-hydrogen) atoms. The van der Waals surface area contributed by atoms with Crippen LogP contribution in [0.4, 0.5) is 24.7 Å². The van der Waals surface area contributed by atoms with E-state index in [0.717, 1.165) is 54.4 Å². The summed E-state index contributed by atoms with van der Waals surface area (Å²) < 4.78 is 40.2. The molecule has 2 aliphatic rings. The Balaban J connectivity index is 0.00000289. The number of aryl methyl sites for hydroxylation is 1. The Kier molecular flexibility index (Phi) is 6.66. The van der Waals surface area contributed by atoms with E-state index in [-0.39, 0.29) is 24.0 Å². The molecule has 2 saturated heterocycles. The number of hydrogen-bond acceptors (Lipinski definition) is 5. The molecular formula is C26H31ClF3N5. The largest absolute Gasteiger partial charge is 0.416 e. The summed E-state index contributed by atoms with van der Waals surface area (Å²) in [4.78, 5) is 4.80. The first-order chi connectivity index (χ1) is 16.1. The lowest BCUT2D eigenvalue weighted by atomic mass is 9.78. The number of hydrogen-bond donors (Lipinski definition) is 1. The molecule has 3 aromatic rings. The first-order valence-corrected chi connectivity index (χ1v) is 11.7. The maximum atomic E-state index is 13.4. The third-order valence-corrected chi connectivity index (χ3v) is 7.50. The number of nitrogens with one attached hydrogen (secondary N) is 1. The van der Waals surface area contributed by atoms with Crippen molar-refractivity contribution >= 4 is 34.7 Å². The zero-order chi connectivity index (χ0) is 24.3. The molecule has 0 aliphatic carbocycles. The third kappa shape index (κ3) is 4.66. The number of rotatable bonds is 4. The molecule has 5 rings (SSSR count).